The van der Waals surface area contributed by atoms with Gasteiger partial charge in [-0.05, 0) is 43.3 Å². The number of hydrogen-bond donors (Lipinski definition) is 1. The fraction of sp³-hybridized carbons (Fsp3) is 0.0833. The van der Waals surface area contributed by atoms with E-state index in [0.29, 0.717) is 22.7 Å². The van der Waals surface area contributed by atoms with Crippen molar-refractivity contribution in [3.05, 3.63) is 106 Å². The van der Waals surface area contributed by atoms with Gasteiger partial charge in [0.25, 0.3) is 5.91 Å². The molecule has 1 N–H and O–H groups in total. The summed E-state index contributed by atoms with van der Waals surface area (Å²) in [6.07, 6.45) is 1.63. The third-order valence-corrected chi connectivity index (χ3v) is 5.28. The SMILES string of the molecule is Cc1c(/C=N\NC(=O)c2ccc(Cl)cc2)c2ccccc2n1Cc1ccccc1F. The molecule has 1 heterocycles. The lowest BCUT2D eigenvalue weighted by Crippen LogP contribution is -2.17. The molecule has 0 bridgehead atoms. The summed E-state index contributed by atoms with van der Waals surface area (Å²) >= 11 is 5.86. The molecule has 1 amide bonds. The highest BCUT2D eigenvalue weighted by Gasteiger charge is 2.14. The van der Waals surface area contributed by atoms with Crippen LogP contribution >= 0.6 is 11.6 Å². The molecule has 0 aliphatic rings. The second-order valence-corrected chi connectivity index (χ2v) is 7.34. The number of hydrazone groups is 1. The van der Waals surface area contributed by atoms with E-state index in [4.69, 9.17) is 11.6 Å². The van der Waals surface area contributed by atoms with Crippen LogP contribution in [-0.2, 0) is 6.54 Å². The van der Waals surface area contributed by atoms with Crippen molar-refractivity contribution in [2.45, 2.75) is 13.5 Å². The van der Waals surface area contributed by atoms with Gasteiger partial charge in [0.2, 0.25) is 0 Å². The Morgan fingerprint density at radius 2 is 1.77 bits per heavy atom. The van der Waals surface area contributed by atoms with Gasteiger partial charge in [0.1, 0.15) is 5.82 Å². The summed E-state index contributed by atoms with van der Waals surface area (Å²) in [5.41, 5.74) is 6.41. The van der Waals surface area contributed by atoms with Crippen LogP contribution in [0.3, 0.4) is 0 Å². The molecule has 4 aromatic rings. The van der Waals surface area contributed by atoms with Crippen LogP contribution in [0, 0.1) is 12.7 Å². The van der Waals surface area contributed by atoms with Gasteiger partial charge in [-0.15, -0.1) is 0 Å². The first kappa shape index (κ1) is 19.9. The Morgan fingerprint density at radius 3 is 2.53 bits per heavy atom. The summed E-state index contributed by atoms with van der Waals surface area (Å²) in [4.78, 5) is 12.3. The summed E-state index contributed by atoms with van der Waals surface area (Å²) in [5, 5.41) is 5.69. The van der Waals surface area contributed by atoms with Gasteiger partial charge in [0.15, 0.2) is 0 Å². The van der Waals surface area contributed by atoms with Crippen LogP contribution in [0.4, 0.5) is 4.39 Å². The molecule has 30 heavy (non-hydrogen) atoms. The molecule has 1 aromatic heterocycles. The van der Waals surface area contributed by atoms with E-state index in [1.165, 1.54) is 6.07 Å². The number of carbonyl (C=O) groups excluding carboxylic acids is 1. The molecule has 6 heteroatoms. The Bertz CT molecular complexity index is 1250. The molecule has 0 saturated heterocycles. The van der Waals surface area contributed by atoms with E-state index in [0.717, 1.165) is 22.2 Å². The summed E-state index contributed by atoms with van der Waals surface area (Å²) in [5.74, 6) is -0.559. The molecule has 4 rings (SSSR count). The second kappa shape index (κ2) is 8.51. The van der Waals surface area contributed by atoms with Gasteiger partial charge in [-0.1, -0.05) is 48.0 Å². The first-order chi connectivity index (χ1) is 14.5. The number of halogens is 2. The summed E-state index contributed by atoms with van der Waals surface area (Å²) in [6, 6.07) is 21.2. The maximum atomic E-state index is 14.2. The third-order valence-electron chi connectivity index (χ3n) is 5.03. The maximum Gasteiger partial charge on any atom is 0.271 e. The monoisotopic (exact) mass is 419 g/mol. The van der Waals surface area contributed by atoms with Crippen LogP contribution in [0.2, 0.25) is 5.02 Å². The predicted octanol–water partition coefficient (Wildman–Crippen LogP) is 5.55. The van der Waals surface area contributed by atoms with E-state index in [1.54, 1.807) is 42.6 Å². The van der Waals surface area contributed by atoms with E-state index in [-0.39, 0.29) is 11.7 Å². The fourth-order valence-electron chi connectivity index (χ4n) is 3.44. The molecule has 0 saturated carbocycles. The smallest absolute Gasteiger partial charge is 0.271 e. The van der Waals surface area contributed by atoms with Gasteiger partial charge < -0.3 is 4.57 Å². The van der Waals surface area contributed by atoms with E-state index in [9.17, 15) is 9.18 Å². The number of fused-ring (bicyclic) bond motifs is 1. The number of para-hydroxylation sites is 1. The van der Waals surface area contributed by atoms with Crippen LogP contribution in [0.1, 0.15) is 27.2 Å². The lowest BCUT2D eigenvalue weighted by Gasteiger charge is -2.09. The molecule has 0 spiro atoms. The van der Waals surface area contributed by atoms with E-state index >= 15 is 0 Å². The zero-order chi connectivity index (χ0) is 21.1. The Kier molecular flexibility index (Phi) is 5.63. The molecular weight excluding hydrogens is 401 g/mol. The van der Waals surface area contributed by atoms with Crippen molar-refractivity contribution >= 4 is 34.6 Å². The molecule has 150 valence electrons. The third kappa shape index (κ3) is 3.98. The largest absolute Gasteiger partial charge is 0.340 e. The van der Waals surface area contributed by atoms with Gasteiger partial charge in [-0.3, -0.25) is 4.79 Å². The van der Waals surface area contributed by atoms with Crippen molar-refractivity contribution in [2.75, 3.05) is 0 Å². The number of carbonyl (C=O) groups is 1. The van der Waals surface area contributed by atoms with Gasteiger partial charge in [0, 0.05) is 38.3 Å². The van der Waals surface area contributed by atoms with Crippen molar-refractivity contribution in [1.29, 1.82) is 0 Å². The van der Waals surface area contributed by atoms with Crippen molar-refractivity contribution in [1.82, 2.24) is 9.99 Å². The van der Waals surface area contributed by atoms with Gasteiger partial charge >= 0.3 is 0 Å². The van der Waals surface area contributed by atoms with Crippen LogP contribution < -0.4 is 5.43 Å². The topological polar surface area (TPSA) is 46.4 Å². The normalized spacial score (nSPS) is 11.3. The summed E-state index contributed by atoms with van der Waals surface area (Å²) in [7, 11) is 0. The fourth-order valence-corrected chi connectivity index (χ4v) is 3.57. The highest BCUT2D eigenvalue weighted by atomic mass is 35.5. The highest BCUT2D eigenvalue weighted by Crippen LogP contribution is 2.26. The number of amides is 1. The maximum absolute atomic E-state index is 14.2. The zero-order valence-corrected chi connectivity index (χ0v) is 17.0. The van der Waals surface area contributed by atoms with Crippen molar-refractivity contribution < 1.29 is 9.18 Å². The molecule has 4 nitrogen and oxygen atoms in total. The average molecular weight is 420 g/mol. The van der Waals surface area contributed by atoms with E-state index in [1.807, 2.05) is 37.3 Å². The first-order valence-electron chi connectivity index (χ1n) is 9.45. The molecule has 0 atom stereocenters. The molecule has 0 aliphatic heterocycles. The minimum Gasteiger partial charge on any atom is -0.340 e. The number of hydrogen-bond acceptors (Lipinski definition) is 2. The Labute approximate surface area is 178 Å². The van der Waals surface area contributed by atoms with Gasteiger partial charge in [-0.25, -0.2) is 9.82 Å². The van der Waals surface area contributed by atoms with Crippen LogP contribution in [0.5, 0.6) is 0 Å². The van der Waals surface area contributed by atoms with Crippen LogP contribution in [0.25, 0.3) is 10.9 Å². The lowest BCUT2D eigenvalue weighted by atomic mass is 10.1. The second-order valence-electron chi connectivity index (χ2n) is 6.90. The van der Waals surface area contributed by atoms with E-state index in [2.05, 4.69) is 15.1 Å². The Hall–Kier alpha value is -3.44. The average Bonchev–Trinajstić information content (AvgIpc) is 3.01. The van der Waals surface area contributed by atoms with Crippen molar-refractivity contribution in [3.63, 3.8) is 0 Å². The highest BCUT2D eigenvalue weighted by molar-refractivity contribution is 6.30. The molecular formula is C24H19ClFN3O. The van der Waals surface area contributed by atoms with Crippen LogP contribution in [0.15, 0.2) is 77.9 Å². The Morgan fingerprint density at radius 1 is 1.07 bits per heavy atom. The number of nitrogens with one attached hydrogen (secondary N) is 1. The first-order valence-corrected chi connectivity index (χ1v) is 9.82. The molecule has 0 unspecified atom stereocenters. The summed E-state index contributed by atoms with van der Waals surface area (Å²) in [6.45, 7) is 2.37. The number of aromatic nitrogens is 1. The molecule has 0 radical (unpaired) electrons. The predicted molar refractivity (Wildman–Crippen MR) is 119 cm³/mol. The molecule has 0 aliphatic carbocycles. The van der Waals surface area contributed by atoms with Gasteiger partial charge in [-0.2, -0.15) is 5.10 Å². The number of rotatable bonds is 5. The van der Waals surface area contributed by atoms with E-state index < -0.39 is 0 Å². The lowest BCUT2D eigenvalue weighted by molar-refractivity contribution is 0.0955. The Balaban J connectivity index is 1.63. The number of nitrogens with zero attached hydrogens (tertiary/aromatic N) is 2. The zero-order valence-electron chi connectivity index (χ0n) is 16.3. The minimum absolute atomic E-state index is 0.236. The van der Waals surface area contributed by atoms with Crippen molar-refractivity contribution in [2.24, 2.45) is 5.10 Å². The standard InChI is InChI=1S/C24H19ClFN3O/c1-16-21(14-27-28-24(30)17-10-12-19(25)13-11-17)20-7-3-5-9-23(20)29(16)15-18-6-2-4-8-22(18)26/h2-14H,15H2,1H3,(H,28,30)/b27-14-. The minimum atomic E-state index is -0.323. The van der Waals surface area contributed by atoms with Crippen LogP contribution in [-0.4, -0.2) is 16.7 Å². The quantitative estimate of drug-likeness (QED) is 0.334. The van der Waals surface area contributed by atoms with Gasteiger partial charge in [0.05, 0.1) is 12.8 Å². The molecule has 0 fully saturated rings. The summed E-state index contributed by atoms with van der Waals surface area (Å²) < 4.78 is 16.2. The molecule has 3 aromatic carbocycles. The number of benzene rings is 3. The van der Waals surface area contributed by atoms with Crippen molar-refractivity contribution in [3.8, 4) is 0 Å².